The van der Waals surface area contributed by atoms with Crippen molar-refractivity contribution in [2.75, 3.05) is 73.6 Å². The zero-order chi connectivity index (χ0) is 18.6. The summed E-state index contributed by atoms with van der Waals surface area (Å²) in [5, 5.41) is 0. The average molecular weight is 367 g/mol. The van der Waals surface area contributed by atoms with Crippen LogP contribution in [0.25, 0.3) is 0 Å². The van der Waals surface area contributed by atoms with E-state index in [1.54, 1.807) is 0 Å². The van der Waals surface area contributed by atoms with E-state index in [2.05, 4.69) is 62.7 Å². The van der Waals surface area contributed by atoms with Gasteiger partial charge in [-0.1, -0.05) is 19.1 Å². The Balaban J connectivity index is 1.39. The Morgan fingerprint density at radius 3 is 2.26 bits per heavy atom. The number of piperazine rings is 2. The average Bonchev–Trinajstić information content (AvgIpc) is 2.74. The highest BCUT2D eigenvalue weighted by atomic mass is 15.3. The lowest BCUT2D eigenvalue weighted by molar-refractivity contribution is 0.270. The van der Waals surface area contributed by atoms with Gasteiger partial charge in [0.25, 0.3) is 0 Å². The summed E-state index contributed by atoms with van der Waals surface area (Å²) < 4.78 is 0. The molecule has 0 atom stereocenters. The first-order chi connectivity index (χ1) is 13.2. The van der Waals surface area contributed by atoms with Gasteiger partial charge in [-0.15, -0.1) is 0 Å². The molecule has 2 saturated heterocycles. The fourth-order valence-electron chi connectivity index (χ4n) is 3.95. The van der Waals surface area contributed by atoms with Crippen LogP contribution in [0, 0.1) is 6.92 Å². The Morgan fingerprint density at radius 1 is 0.852 bits per heavy atom. The molecule has 2 aromatic rings. The van der Waals surface area contributed by atoms with Crippen LogP contribution < -0.4 is 14.7 Å². The number of aromatic nitrogens is 2. The van der Waals surface area contributed by atoms with Crippen molar-refractivity contribution >= 4 is 17.5 Å². The van der Waals surface area contributed by atoms with Crippen molar-refractivity contribution in [1.82, 2.24) is 14.9 Å². The minimum Gasteiger partial charge on any atom is -0.368 e. The lowest BCUT2D eigenvalue weighted by Crippen LogP contribution is -2.48. The van der Waals surface area contributed by atoms with Crippen molar-refractivity contribution in [1.29, 1.82) is 0 Å². The summed E-state index contributed by atoms with van der Waals surface area (Å²) in [6.45, 7) is 13.8. The molecule has 0 radical (unpaired) electrons. The zero-order valence-corrected chi connectivity index (χ0v) is 16.5. The van der Waals surface area contributed by atoms with Crippen molar-refractivity contribution < 1.29 is 0 Å². The Labute approximate surface area is 162 Å². The number of likely N-dealkylation sites (N-methyl/N-ethyl adjacent to an activating group) is 1. The van der Waals surface area contributed by atoms with Gasteiger partial charge in [-0.2, -0.15) is 4.98 Å². The number of hydrogen-bond acceptors (Lipinski definition) is 6. The molecule has 0 saturated carbocycles. The van der Waals surface area contributed by atoms with Crippen LogP contribution in [0.4, 0.5) is 17.5 Å². The molecular weight excluding hydrogens is 336 g/mol. The van der Waals surface area contributed by atoms with Crippen molar-refractivity contribution in [2.45, 2.75) is 13.8 Å². The van der Waals surface area contributed by atoms with Crippen molar-refractivity contribution in [3.63, 3.8) is 0 Å². The second-order valence-electron chi connectivity index (χ2n) is 7.45. The second-order valence-corrected chi connectivity index (χ2v) is 7.45. The van der Waals surface area contributed by atoms with Crippen molar-refractivity contribution in [2.24, 2.45) is 0 Å². The normalized spacial score (nSPS) is 18.8. The molecule has 0 N–H and O–H groups in total. The van der Waals surface area contributed by atoms with Gasteiger partial charge in [-0.05, 0) is 37.2 Å². The summed E-state index contributed by atoms with van der Waals surface area (Å²) in [5.74, 6) is 1.94. The molecule has 0 spiro atoms. The Hall–Kier alpha value is -2.34. The summed E-state index contributed by atoms with van der Waals surface area (Å²) in [4.78, 5) is 19.1. The van der Waals surface area contributed by atoms with E-state index in [9.17, 15) is 0 Å². The number of nitrogens with zero attached hydrogens (tertiary/aromatic N) is 6. The monoisotopic (exact) mass is 366 g/mol. The SMILES string of the molecule is CCN1CCN(c2nccc(N3CCN(c4cccc(C)c4)CC3)n2)CC1. The third-order valence-electron chi connectivity index (χ3n) is 5.70. The van der Waals surface area contributed by atoms with Crippen LogP contribution in [0.2, 0.25) is 0 Å². The van der Waals surface area contributed by atoms with Crippen LogP contribution in [-0.2, 0) is 0 Å². The molecular formula is C21H30N6. The van der Waals surface area contributed by atoms with Gasteiger partial charge in [0, 0.05) is 64.2 Å². The largest absolute Gasteiger partial charge is 0.368 e. The summed E-state index contributed by atoms with van der Waals surface area (Å²) in [5.41, 5.74) is 2.64. The molecule has 2 aliphatic rings. The maximum absolute atomic E-state index is 4.89. The van der Waals surface area contributed by atoms with Crippen LogP contribution in [0.3, 0.4) is 0 Å². The van der Waals surface area contributed by atoms with E-state index in [0.717, 1.165) is 70.7 Å². The number of anilines is 3. The van der Waals surface area contributed by atoms with Gasteiger partial charge < -0.3 is 19.6 Å². The van der Waals surface area contributed by atoms with Gasteiger partial charge in [0.05, 0.1) is 0 Å². The van der Waals surface area contributed by atoms with E-state index in [1.165, 1.54) is 11.3 Å². The molecule has 27 heavy (non-hydrogen) atoms. The molecule has 1 aromatic carbocycles. The number of benzene rings is 1. The maximum Gasteiger partial charge on any atom is 0.227 e. The van der Waals surface area contributed by atoms with Gasteiger partial charge in [0.1, 0.15) is 5.82 Å². The first-order valence-corrected chi connectivity index (χ1v) is 10.1. The fourth-order valence-corrected chi connectivity index (χ4v) is 3.95. The smallest absolute Gasteiger partial charge is 0.227 e. The molecule has 0 bridgehead atoms. The highest BCUT2D eigenvalue weighted by molar-refractivity contribution is 5.51. The molecule has 1 aromatic heterocycles. The van der Waals surface area contributed by atoms with E-state index in [-0.39, 0.29) is 0 Å². The summed E-state index contributed by atoms with van der Waals surface area (Å²) in [6.07, 6.45) is 1.91. The molecule has 0 aliphatic carbocycles. The Morgan fingerprint density at radius 2 is 1.56 bits per heavy atom. The van der Waals surface area contributed by atoms with E-state index in [1.807, 2.05) is 12.3 Å². The lowest BCUT2D eigenvalue weighted by Gasteiger charge is -2.37. The van der Waals surface area contributed by atoms with Crippen LogP contribution in [0.15, 0.2) is 36.5 Å². The minimum absolute atomic E-state index is 0.879. The zero-order valence-electron chi connectivity index (χ0n) is 16.5. The third-order valence-corrected chi connectivity index (χ3v) is 5.70. The fraction of sp³-hybridized carbons (Fsp3) is 0.524. The van der Waals surface area contributed by atoms with Crippen molar-refractivity contribution in [3.05, 3.63) is 42.1 Å². The quantitative estimate of drug-likeness (QED) is 0.826. The topological polar surface area (TPSA) is 38.7 Å². The van der Waals surface area contributed by atoms with Gasteiger partial charge in [-0.3, -0.25) is 0 Å². The molecule has 6 nitrogen and oxygen atoms in total. The number of rotatable bonds is 4. The Bertz CT molecular complexity index is 748. The van der Waals surface area contributed by atoms with E-state index in [4.69, 9.17) is 4.98 Å². The number of hydrogen-bond donors (Lipinski definition) is 0. The first kappa shape index (κ1) is 18.0. The van der Waals surface area contributed by atoms with Gasteiger partial charge in [0.15, 0.2) is 0 Å². The van der Waals surface area contributed by atoms with Crippen LogP contribution in [0.5, 0.6) is 0 Å². The molecule has 0 amide bonds. The summed E-state index contributed by atoms with van der Waals surface area (Å²) >= 11 is 0. The molecule has 3 heterocycles. The number of aryl methyl sites for hydroxylation is 1. The highest BCUT2D eigenvalue weighted by Gasteiger charge is 2.21. The molecule has 2 fully saturated rings. The van der Waals surface area contributed by atoms with Crippen molar-refractivity contribution in [3.8, 4) is 0 Å². The van der Waals surface area contributed by atoms with Crippen LogP contribution >= 0.6 is 0 Å². The maximum atomic E-state index is 4.89. The lowest BCUT2D eigenvalue weighted by atomic mass is 10.2. The molecule has 6 heteroatoms. The van der Waals surface area contributed by atoms with E-state index < -0.39 is 0 Å². The van der Waals surface area contributed by atoms with Gasteiger partial charge in [-0.25, -0.2) is 4.98 Å². The molecule has 0 unspecified atom stereocenters. The van der Waals surface area contributed by atoms with E-state index in [0.29, 0.717) is 0 Å². The molecule has 144 valence electrons. The minimum atomic E-state index is 0.879. The van der Waals surface area contributed by atoms with Crippen LogP contribution in [0.1, 0.15) is 12.5 Å². The summed E-state index contributed by atoms with van der Waals surface area (Å²) in [7, 11) is 0. The summed E-state index contributed by atoms with van der Waals surface area (Å²) in [6, 6.07) is 10.8. The standard InChI is InChI=1S/C21H30N6/c1-3-24-9-11-27(12-10-24)21-22-8-7-20(23-21)26-15-13-25(14-16-26)19-6-4-5-18(2)17-19/h4-8,17H,3,9-16H2,1-2H3. The van der Waals surface area contributed by atoms with Crippen LogP contribution in [-0.4, -0.2) is 73.8 Å². The second kappa shape index (κ2) is 8.13. The third kappa shape index (κ3) is 4.16. The predicted octanol–water partition coefficient (Wildman–Crippen LogP) is 2.25. The predicted molar refractivity (Wildman–Crippen MR) is 112 cm³/mol. The first-order valence-electron chi connectivity index (χ1n) is 10.1. The Kier molecular flexibility index (Phi) is 5.43. The molecule has 4 rings (SSSR count). The van der Waals surface area contributed by atoms with Gasteiger partial charge in [0.2, 0.25) is 5.95 Å². The van der Waals surface area contributed by atoms with E-state index >= 15 is 0 Å². The molecule has 2 aliphatic heterocycles. The highest BCUT2D eigenvalue weighted by Crippen LogP contribution is 2.21. The van der Waals surface area contributed by atoms with Gasteiger partial charge >= 0.3 is 0 Å².